The maximum absolute atomic E-state index is 13.1. The first-order valence-electron chi connectivity index (χ1n) is 9.92. The van der Waals surface area contributed by atoms with Gasteiger partial charge >= 0.3 is 5.69 Å². The van der Waals surface area contributed by atoms with Crippen molar-refractivity contribution < 1.29 is 4.79 Å². The van der Waals surface area contributed by atoms with Gasteiger partial charge in [0.05, 0.1) is 6.42 Å². The number of hydrogen-bond donors (Lipinski definition) is 2. The fraction of sp³-hybridized carbons (Fsp3) is 0.476. The minimum atomic E-state index is -0.631. The van der Waals surface area contributed by atoms with Gasteiger partial charge in [-0.2, -0.15) is 0 Å². The summed E-state index contributed by atoms with van der Waals surface area (Å²) in [5.41, 5.74) is 5.94. The van der Waals surface area contributed by atoms with Crippen molar-refractivity contribution in [2.75, 3.05) is 17.2 Å². The van der Waals surface area contributed by atoms with Crippen LogP contribution in [-0.2, 0) is 17.8 Å². The summed E-state index contributed by atoms with van der Waals surface area (Å²) in [7, 11) is 0. The van der Waals surface area contributed by atoms with Crippen LogP contribution in [-0.4, -0.2) is 22.0 Å². The van der Waals surface area contributed by atoms with Crippen LogP contribution in [0, 0.1) is 5.92 Å². The molecular formula is C21H29BrN4O3. The van der Waals surface area contributed by atoms with Gasteiger partial charge in [-0.15, -0.1) is 0 Å². The molecule has 0 aliphatic rings. The third kappa shape index (κ3) is 6.06. The number of nitrogens with one attached hydrogen (secondary N) is 1. The standard InChI is InChI=1S/C21H29BrN4O3/c1-4-5-11-26-19(23)18(20(28)24-21(26)29)25(12-10-14(2)3)17(27)13-15-6-8-16(22)9-7-15/h6-9,14H,4-5,10-13,23H2,1-3H3,(H,24,28,29). The Morgan fingerprint density at radius 1 is 1.24 bits per heavy atom. The van der Waals surface area contributed by atoms with Gasteiger partial charge < -0.3 is 10.6 Å². The van der Waals surface area contributed by atoms with Crippen LogP contribution in [0.3, 0.4) is 0 Å². The Hall–Kier alpha value is -2.35. The molecule has 1 amide bonds. The van der Waals surface area contributed by atoms with Gasteiger partial charge in [0.25, 0.3) is 5.56 Å². The minimum Gasteiger partial charge on any atom is -0.383 e. The number of anilines is 2. The normalized spacial score (nSPS) is 11.1. The van der Waals surface area contributed by atoms with E-state index in [4.69, 9.17) is 5.73 Å². The van der Waals surface area contributed by atoms with Crippen LogP contribution in [0.25, 0.3) is 0 Å². The molecule has 29 heavy (non-hydrogen) atoms. The fourth-order valence-electron chi connectivity index (χ4n) is 3.00. The first kappa shape index (κ1) is 22.9. The lowest BCUT2D eigenvalue weighted by Crippen LogP contribution is -2.42. The first-order valence-corrected chi connectivity index (χ1v) is 10.7. The van der Waals surface area contributed by atoms with Crippen molar-refractivity contribution >= 4 is 33.3 Å². The molecule has 8 heteroatoms. The number of carbonyl (C=O) groups is 1. The second-order valence-corrected chi connectivity index (χ2v) is 8.45. The molecule has 0 saturated heterocycles. The number of nitrogen functional groups attached to an aromatic ring is 1. The summed E-state index contributed by atoms with van der Waals surface area (Å²) in [4.78, 5) is 41.7. The molecule has 0 atom stereocenters. The summed E-state index contributed by atoms with van der Waals surface area (Å²) >= 11 is 3.38. The number of amides is 1. The van der Waals surface area contributed by atoms with Crippen molar-refractivity contribution in [1.29, 1.82) is 0 Å². The van der Waals surface area contributed by atoms with Gasteiger partial charge in [-0.25, -0.2) is 4.79 Å². The zero-order valence-electron chi connectivity index (χ0n) is 17.2. The quantitative estimate of drug-likeness (QED) is 0.594. The Bertz CT molecular complexity index is 948. The van der Waals surface area contributed by atoms with Crippen molar-refractivity contribution in [2.24, 2.45) is 5.92 Å². The largest absolute Gasteiger partial charge is 0.383 e. The van der Waals surface area contributed by atoms with E-state index < -0.39 is 11.2 Å². The second-order valence-electron chi connectivity index (χ2n) is 7.53. The molecule has 0 aliphatic heterocycles. The van der Waals surface area contributed by atoms with E-state index in [2.05, 4.69) is 20.9 Å². The summed E-state index contributed by atoms with van der Waals surface area (Å²) in [6.45, 7) is 6.85. The van der Waals surface area contributed by atoms with Crippen LogP contribution in [0.15, 0.2) is 38.3 Å². The van der Waals surface area contributed by atoms with E-state index in [0.29, 0.717) is 25.4 Å². The SMILES string of the molecule is CCCCn1c(N)c(N(CCC(C)C)C(=O)Cc2ccc(Br)cc2)c(=O)[nH]c1=O. The van der Waals surface area contributed by atoms with E-state index in [1.54, 1.807) is 0 Å². The molecule has 3 N–H and O–H groups in total. The molecule has 2 rings (SSSR count). The molecule has 0 unspecified atom stereocenters. The van der Waals surface area contributed by atoms with Crippen LogP contribution in [0.2, 0.25) is 0 Å². The molecular weight excluding hydrogens is 436 g/mol. The Morgan fingerprint density at radius 3 is 2.48 bits per heavy atom. The third-order valence-corrected chi connectivity index (χ3v) is 5.25. The van der Waals surface area contributed by atoms with E-state index in [1.807, 2.05) is 45.0 Å². The topological polar surface area (TPSA) is 101 Å². The van der Waals surface area contributed by atoms with Crippen molar-refractivity contribution in [3.63, 3.8) is 0 Å². The van der Waals surface area contributed by atoms with Crippen molar-refractivity contribution in [1.82, 2.24) is 9.55 Å². The van der Waals surface area contributed by atoms with Crippen LogP contribution in [0.5, 0.6) is 0 Å². The molecule has 158 valence electrons. The van der Waals surface area contributed by atoms with Crippen molar-refractivity contribution in [3.8, 4) is 0 Å². The summed E-state index contributed by atoms with van der Waals surface area (Å²) in [5, 5.41) is 0. The third-order valence-electron chi connectivity index (χ3n) is 4.72. The highest BCUT2D eigenvalue weighted by Gasteiger charge is 2.24. The Morgan fingerprint density at radius 2 is 1.90 bits per heavy atom. The number of nitrogens with zero attached hydrogens (tertiary/aromatic N) is 2. The van der Waals surface area contributed by atoms with E-state index in [1.165, 1.54) is 9.47 Å². The lowest BCUT2D eigenvalue weighted by Gasteiger charge is -2.25. The smallest absolute Gasteiger partial charge is 0.330 e. The molecule has 0 fully saturated rings. The van der Waals surface area contributed by atoms with E-state index in [-0.39, 0.29) is 23.8 Å². The molecule has 7 nitrogen and oxygen atoms in total. The number of benzene rings is 1. The number of hydrogen-bond acceptors (Lipinski definition) is 4. The number of nitrogens with two attached hydrogens (primary N) is 1. The fourth-order valence-corrected chi connectivity index (χ4v) is 3.26. The summed E-state index contributed by atoms with van der Waals surface area (Å²) in [5.74, 6) is 0.148. The summed E-state index contributed by atoms with van der Waals surface area (Å²) in [6, 6.07) is 7.46. The van der Waals surface area contributed by atoms with Gasteiger partial charge in [-0.1, -0.05) is 55.3 Å². The molecule has 1 aromatic heterocycles. The van der Waals surface area contributed by atoms with Crippen LogP contribution >= 0.6 is 15.9 Å². The highest BCUT2D eigenvalue weighted by molar-refractivity contribution is 9.10. The maximum atomic E-state index is 13.1. The zero-order chi connectivity index (χ0) is 21.6. The average molecular weight is 465 g/mol. The Labute approximate surface area is 179 Å². The highest BCUT2D eigenvalue weighted by Crippen LogP contribution is 2.20. The monoisotopic (exact) mass is 464 g/mol. The predicted octanol–water partition coefficient (Wildman–Crippen LogP) is 3.30. The van der Waals surface area contributed by atoms with Gasteiger partial charge in [-0.3, -0.25) is 19.1 Å². The van der Waals surface area contributed by atoms with Crippen molar-refractivity contribution in [3.05, 3.63) is 55.1 Å². The number of unbranched alkanes of at least 4 members (excludes halogenated alkanes) is 1. The predicted molar refractivity (Wildman–Crippen MR) is 120 cm³/mol. The van der Waals surface area contributed by atoms with Crippen LogP contribution in [0.4, 0.5) is 11.5 Å². The number of rotatable bonds is 9. The average Bonchev–Trinajstić information content (AvgIpc) is 2.65. The molecule has 0 aliphatic carbocycles. The van der Waals surface area contributed by atoms with Gasteiger partial charge in [0.15, 0.2) is 5.69 Å². The van der Waals surface area contributed by atoms with E-state index in [0.717, 1.165) is 22.9 Å². The molecule has 2 aromatic rings. The number of halogens is 1. The highest BCUT2D eigenvalue weighted by atomic mass is 79.9. The molecule has 1 aromatic carbocycles. The molecule has 0 saturated carbocycles. The molecule has 0 radical (unpaired) electrons. The Balaban J connectivity index is 2.45. The van der Waals surface area contributed by atoms with Gasteiger partial charge in [-0.05, 0) is 36.5 Å². The minimum absolute atomic E-state index is 0.0418. The number of aromatic nitrogens is 2. The molecule has 0 spiro atoms. The van der Waals surface area contributed by atoms with Crippen LogP contribution < -0.4 is 21.9 Å². The number of H-pyrrole nitrogens is 1. The second kappa shape index (κ2) is 10.4. The first-order chi connectivity index (χ1) is 13.7. The lowest BCUT2D eigenvalue weighted by molar-refractivity contribution is -0.118. The summed E-state index contributed by atoms with van der Waals surface area (Å²) < 4.78 is 2.27. The summed E-state index contributed by atoms with van der Waals surface area (Å²) in [6.07, 6.45) is 2.46. The lowest BCUT2D eigenvalue weighted by atomic mass is 10.1. The van der Waals surface area contributed by atoms with E-state index in [9.17, 15) is 14.4 Å². The Kier molecular flexibility index (Phi) is 8.25. The maximum Gasteiger partial charge on any atom is 0.330 e. The molecule has 1 heterocycles. The number of aromatic amines is 1. The van der Waals surface area contributed by atoms with Gasteiger partial charge in [0.2, 0.25) is 5.91 Å². The van der Waals surface area contributed by atoms with Crippen LogP contribution in [0.1, 0.15) is 45.6 Å². The van der Waals surface area contributed by atoms with Crippen molar-refractivity contribution in [2.45, 2.75) is 53.0 Å². The molecule has 0 bridgehead atoms. The van der Waals surface area contributed by atoms with Gasteiger partial charge in [0, 0.05) is 17.6 Å². The number of carbonyl (C=O) groups excluding carboxylic acids is 1. The zero-order valence-corrected chi connectivity index (χ0v) is 18.8. The van der Waals surface area contributed by atoms with Gasteiger partial charge in [0.1, 0.15) is 5.82 Å². The van der Waals surface area contributed by atoms with E-state index >= 15 is 0 Å².